The maximum atomic E-state index is 12.1. The first-order valence-electron chi connectivity index (χ1n) is 7.83. The van der Waals surface area contributed by atoms with E-state index in [0.717, 1.165) is 25.6 Å². The summed E-state index contributed by atoms with van der Waals surface area (Å²) in [6, 6.07) is 1.15. The summed E-state index contributed by atoms with van der Waals surface area (Å²) in [4.78, 5) is 16.4. The van der Waals surface area contributed by atoms with Gasteiger partial charge in [0.1, 0.15) is 0 Å². The molecule has 110 valence electrons. The topological polar surface area (TPSA) is 35.6 Å². The average molecular weight is 267 g/mol. The summed E-state index contributed by atoms with van der Waals surface area (Å²) in [6.45, 7) is 8.27. The molecule has 0 aromatic carbocycles. The minimum absolute atomic E-state index is 0.306. The molecule has 1 aliphatic carbocycles. The van der Waals surface area contributed by atoms with Crippen LogP contribution in [0.15, 0.2) is 0 Å². The van der Waals surface area contributed by atoms with E-state index in [1.165, 1.54) is 25.7 Å². The largest absolute Gasteiger partial charge is 0.342 e. The molecular formula is C15H29N3O. The van der Waals surface area contributed by atoms with Crippen LogP contribution in [-0.4, -0.2) is 61.0 Å². The molecule has 2 aliphatic rings. The van der Waals surface area contributed by atoms with Crippen molar-refractivity contribution in [3.8, 4) is 0 Å². The number of carbonyl (C=O) groups is 1. The summed E-state index contributed by atoms with van der Waals surface area (Å²) in [6.07, 6.45) is 4.83. The molecule has 1 amide bonds. The van der Waals surface area contributed by atoms with Gasteiger partial charge in [0.2, 0.25) is 5.91 Å². The summed E-state index contributed by atoms with van der Waals surface area (Å²) in [5.74, 6) is 1.08. The highest BCUT2D eigenvalue weighted by atomic mass is 16.2. The molecule has 1 heterocycles. The SMILES string of the molecule is CCNC(C)C1CCN(CC(=O)N(C)C2CC2)CC1. The number of likely N-dealkylation sites (N-methyl/N-ethyl adjacent to an activating group) is 1. The molecule has 4 nitrogen and oxygen atoms in total. The number of nitrogens with zero attached hydrogens (tertiary/aromatic N) is 2. The third-order valence-electron chi connectivity index (χ3n) is 4.71. The molecule has 2 rings (SSSR count). The first-order valence-corrected chi connectivity index (χ1v) is 7.83. The van der Waals surface area contributed by atoms with Crippen molar-refractivity contribution < 1.29 is 4.79 Å². The van der Waals surface area contributed by atoms with Crippen LogP contribution in [-0.2, 0) is 4.79 Å². The van der Waals surface area contributed by atoms with Gasteiger partial charge in [0.05, 0.1) is 6.54 Å². The van der Waals surface area contributed by atoms with Crippen LogP contribution in [0.5, 0.6) is 0 Å². The summed E-state index contributed by atoms with van der Waals surface area (Å²) >= 11 is 0. The Balaban J connectivity index is 1.69. The molecule has 1 N–H and O–H groups in total. The van der Waals surface area contributed by atoms with Gasteiger partial charge in [-0.2, -0.15) is 0 Å². The number of hydrogen-bond acceptors (Lipinski definition) is 3. The lowest BCUT2D eigenvalue weighted by molar-refractivity contribution is -0.132. The Morgan fingerprint density at radius 3 is 2.47 bits per heavy atom. The molecule has 0 spiro atoms. The molecule has 1 saturated heterocycles. The Bertz CT molecular complexity index is 296. The quantitative estimate of drug-likeness (QED) is 0.788. The summed E-state index contributed by atoms with van der Waals surface area (Å²) in [5, 5.41) is 3.52. The zero-order chi connectivity index (χ0) is 13.8. The highest BCUT2D eigenvalue weighted by Crippen LogP contribution is 2.26. The highest BCUT2D eigenvalue weighted by Gasteiger charge is 2.31. The first-order chi connectivity index (χ1) is 9.11. The molecule has 19 heavy (non-hydrogen) atoms. The number of piperidine rings is 1. The maximum Gasteiger partial charge on any atom is 0.236 e. The van der Waals surface area contributed by atoms with Gasteiger partial charge in [0.25, 0.3) is 0 Å². The van der Waals surface area contributed by atoms with E-state index in [2.05, 4.69) is 24.1 Å². The lowest BCUT2D eigenvalue weighted by atomic mass is 9.90. The van der Waals surface area contributed by atoms with E-state index in [1.54, 1.807) is 0 Å². The lowest BCUT2D eigenvalue weighted by Gasteiger charge is -2.35. The number of rotatable bonds is 6. The first kappa shape index (κ1) is 14.8. The average Bonchev–Trinajstić information content (AvgIpc) is 3.23. The van der Waals surface area contributed by atoms with Crippen LogP contribution in [0.1, 0.15) is 39.5 Å². The van der Waals surface area contributed by atoms with Crippen molar-refractivity contribution in [2.45, 2.75) is 51.6 Å². The van der Waals surface area contributed by atoms with Gasteiger partial charge in [-0.1, -0.05) is 6.92 Å². The van der Waals surface area contributed by atoms with E-state index < -0.39 is 0 Å². The molecule has 2 fully saturated rings. The van der Waals surface area contributed by atoms with E-state index in [4.69, 9.17) is 0 Å². The smallest absolute Gasteiger partial charge is 0.236 e. The molecule has 4 heteroatoms. The van der Waals surface area contributed by atoms with Crippen LogP contribution in [0, 0.1) is 5.92 Å². The summed E-state index contributed by atoms with van der Waals surface area (Å²) in [7, 11) is 1.96. The second kappa shape index (κ2) is 6.71. The summed E-state index contributed by atoms with van der Waals surface area (Å²) < 4.78 is 0. The Labute approximate surface area is 117 Å². The summed E-state index contributed by atoms with van der Waals surface area (Å²) in [5.41, 5.74) is 0. The van der Waals surface area contributed by atoms with Crippen LogP contribution < -0.4 is 5.32 Å². The Morgan fingerprint density at radius 2 is 1.95 bits per heavy atom. The number of carbonyl (C=O) groups excluding carboxylic acids is 1. The monoisotopic (exact) mass is 267 g/mol. The third-order valence-corrected chi connectivity index (χ3v) is 4.71. The zero-order valence-electron chi connectivity index (χ0n) is 12.7. The van der Waals surface area contributed by atoms with Crippen LogP contribution in [0.2, 0.25) is 0 Å². The molecule has 1 unspecified atom stereocenters. The van der Waals surface area contributed by atoms with Crippen molar-refractivity contribution in [1.82, 2.24) is 15.1 Å². The van der Waals surface area contributed by atoms with Gasteiger partial charge in [0, 0.05) is 19.1 Å². The van der Waals surface area contributed by atoms with E-state index in [0.29, 0.717) is 24.5 Å². The molecule has 0 aromatic rings. The molecule has 0 bridgehead atoms. The van der Waals surface area contributed by atoms with Crippen molar-refractivity contribution in [2.24, 2.45) is 5.92 Å². The number of hydrogen-bond donors (Lipinski definition) is 1. The van der Waals surface area contributed by atoms with Crippen molar-refractivity contribution >= 4 is 5.91 Å². The normalized spacial score (nSPS) is 23.3. The molecule has 0 aromatic heterocycles. The van der Waals surface area contributed by atoms with Crippen LogP contribution >= 0.6 is 0 Å². The van der Waals surface area contributed by atoms with Crippen molar-refractivity contribution in [3.63, 3.8) is 0 Å². The van der Waals surface area contributed by atoms with Gasteiger partial charge >= 0.3 is 0 Å². The predicted molar refractivity (Wildman–Crippen MR) is 78.1 cm³/mol. The predicted octanol–water partition coefficient (Wildman–Crippen LogP) is 1.32. The van der Waals surface area contributed by atoms with Crippen LogP contribution in [0.4, 0.5) is 0 Å². The van der Waals surface area contributed by atoms with Gasteiger partial charge in [-0.15, -0.1) is 0 Å². The van der Waals surface area contributed by atoms with E-state index in [-0.39, 0.29) is 0 Å². The number of nitrogens with one attached hydrogen (secondary N) is 1. The molecule has 1 saturated carbocycles. The fraction of sp³-hybridized carbons (Fsp3) is 0.933. The standard InChI is InChI=1S/C15H29N3O/c1-4-16-12(2)13-7-9-18(10-8-13)11-15(19)17(3)14-5-6-14/h12-14,16H,4-11H2,1-3H3. The van der Waals surface area contributed by atoms with E-state index in [1.807, 2.05) is 11.9 Å². The fourth-order valence-electron chi connectivity index (χ4n) is 3.07. The number of amides is 1. The highest BCUT2D eigenvalue weighted by molar-refractivity contribution is 5.78. The van der Waals surface area contributed by atoms with Crippen molar-refractivity contribution in [1.29, 1.82) is 0 Å². The zero-order valence-corrected chi connectivity index (χ0v) is 12.7. The van der Waals surface area contributed by atoms with Gasteiger partial charge in [-0.3, -0.25) is 9.69 Å². The van der Waals surface area contributed by atoms with Gasteiger partial charge in [0.15, 0.2) is 0 Å². The number of likely N-dealkylation sites (tertiary alicyclic amines) is 1. The second-order valence-electron chi connectivity index (χ2n) is 6.20. The van der Waals surface area contributed by atoms with E-state index in [9.17, 15) is 4.79 Å². The Kier molecular flexibility index (Phi) is 5.22. The van der Waals surface area contributed by atoms with Crippen molar-refractivity contribution in [3.05, 3.63) is 0 Å². The van der Waals surface area contributed by atoms with Crippen LogP contribution in [0.25, 0.3) is 0 Å². The Hall–Kier alpha value is -0.610. The maximum absolute atomic E-state index is 12.1. The fourth-order valence-corrected chi connectivity index (χ4v) is 3.07. The van der Waals surface area contributed by atoms with Gasteiger partial charge < -0.3 is 10.2 Å². The molecule has 1 aliphatic heterocycles. The molecular weight excluding hydrogens is 238 g/mol. The third kappa shape index (κ3) is 4.18. The lowest BCUT2D eigenvalue weighted by Crippen LogP contribution is -2.45. The molecule has 1 atom stereocenters. The second-order valence-corrected chi connectivity index (χ2v) is 6.20. The van der Waals surface area contributed by atoms with Crippen LogP contribution in [0.3, 0.4) is 0 Å². The minimum atomic E-state index is 0.306. The Morgan fingerprint density at radius 1 is 1.32 bits per heavy atom. The minimum Gasteiger partial charge on any atom is -0.342 e. The van der Waals surface area contributed by atoms with Gasteiger partial charge in [-0.05, 0) is 58.2 Å². The van der Waals surface area contributed by atoms with Crippen molar-refractivity contribution in [2.75, 3.05) is 33.2 Å². The molecule has 0 radical (unpaired) electrons. The van der Waals surface area contributed by atoms with E-state index >= 15 is 0 Å². The van der Waals surface area contributed by atoms with Gasteiger partial charge in [-0.25, -0.2) is 0 Å².